The molecular weight excluding hydrogens is 481 g/mol. The normalized spacial score (nSPS) is 11.5. The van der Waals surface area contributed by atoms with Crippen molar-refractivity contribution in [3.63, 3.8) is 0 Å². The molecule has 0 spiro atoms. The van der Waals surface area contributed by atoms with Crippen LogP contribution in [0.2, 0.25) is 5.02 Å². The number of thiophene rings is 2. The van der Waals surface area contributed by atoms with Crippen LogP contribution in [0.25, 0.3) is 20.7 Å². The molecule has 0 radical (unpaired) electrons. The zero-order valence-electron chi connectivity index (χ0n) is 16.3. The Morgan fingerprint density at radius 3 is 2.72 bits per heavy atom. The molecule has 0 N–H and O–H groups in total. The number of aromatic nitrogens is 1. The van der Waals surface area contributed by atoms with Crippen molar-refractivity contribution in [2.75, 3.05) is 6.61 Å². The van der Waals surface area contributed by atoms with E-state index in [1.807, 2.05) is 0 Å². The van der Waals surface area contributed by atoms with E-state index in [2.05, 4.69) is 4.98 Å². The van der Waals surface area contributed by atoms with Crippen LogP contribution >= 0.6 is 34.3 Å². The third kappa shape index (κ3) is 4.21. The lowest BCUT2D eigenvalue weighted by molar-refractivity contribution is -0.137. The molecule has 0 saturated heterocycles. The molecule has 3 heterocycles. The summed E-state index contributed by atoms with van der Waals surface area (Å²) in [6.45, 7) is 1.20. The van der Waals surface area contributed by atoms with Crippen LogP contribution in [0.1, 0.15) is 26.4 Å². The smallest absolute Gasteiger partial charge is 0.417 e. The number of ether oxygens (including phenoxy) is 1. The quantitative estimate of drug-likeness (QED) is 0.278. The molecule has 0 bridgehead atoms. The first-order chi connectivity index (χ1) is 15.2. The van der Waals surface area contributed by atoms with Gasteiger partial charge in [0, 0.05) is 9.72 Å². The summed E-state index contributed by atoms with van der Waals surface area (Å²) >= 11 is 8.47. The zero-order valence-corrected chi connectivity index (χ0v) is 18.7. The maximum Gasteiger partial charge on any atom is 0.417 e. The highest BCUT2D eigenvalue weighted by Crippen LogP contribution is 2.39. The Balaban J connectivity index is 1.70. The molecule has 4 aromatic rings. The maximum atomic E-state index is 13.6. The second kappa shape index (κ2) is 8.54. The highest BCUT2D eigenvalue weighted by atomic mass is 35.5. The SMILES string of the molecule is Cc1c(C(=O)COc2nc(-c3cccs3)cc(C(F)(F)F)c2C#N)sc2ccc(Cl)cc12. The number of aryl methyl sites for hydroxylation is 1. The number of rotatable bonds is 5. The van der Waals surface area contributed by atoms with E-state index in [0.29, 0.717) is 20.3 Å². The number of pyridine rings is 1. The minimum absolute atomic E-state index is 0.0152. The maximum absolute atomic E-state index is 13.6. The summed E-state index contributed by atoms with van der Waals surface area (Å²) in [5.74, 6) is -0.957. The highest BCUT2D eigenvalue weighted by Gasteiger charge is 2.37. The molecular formula is C22H12ClF3N2O2S2. The van der Waals surface area contributed by atoms with Crippen LogP contribution in [0.5, 0.6) is 5.88 Å². The summed E-state index contributed by atoms with van der Waals surface area (Å²) in [6.07, 6.45) is -4.79. The summed E-state index contributed by atoms with van der Waals surface area (Å²) in [7, 11) is 0. The summed E-state index contributed by atoms with van der Waals surface area (Å²) < 4.78 is 47.0. The van der Waals surface area contributed by atoms with E-state index in [1.54, 1.807) is 42.6 Å². The van der Waals surface area contributed by atoms with Crippen molar-refractivity contribution in [3.05, 3.63) is 68.4 Å². The average Bonchev–Trinajstić information content (AvgIpc) is 3.39. The molecule has 32 heavy (non-hydrogen) atoms. The molecule has 162 valence electrons. The number of nitrogens with zero attached hydrogens (tertiary/aromatic N) is 2. The Kier molecular flexibility index (Phi) is 5.95. The van der Waals surface area contributed by atoms with Crippen molar-refractivity contribution in [2.24, 2.45) is 0 Å². The van der Waals surface area contributed by atoms with E-state index in [9.17, 15) is 23.2 Å². The van der Waals surface area contributed by atoms with E-state index in [0.717, 1.165) is 16.2 Å². The summed E-state index contributed by atoms with van der Waals surface area (Å²) in [4.78, 5) is 17.8. The number of nitriles is 1. The Bertz CT molecular complexity index is 1370. The largest absolute Gasteiger partial charge is 0.468 e. The monoisotopic (exact) mass is 492 g/mol. The third-order valence-corrected chi connectivity index (χ3v) is 7.11. The Morgan fingerprint density at radius 2 is 2.06 bits per heavy atom. The number of alkyl halides is 3. The number of carbonyl (C=O) groups is 1. The highest BCUT2D eigenvalue weighted by molar-refractivity contribution is 7.21. The number of hydrogen-bond acceptors (Lipinski definition) is 6. The van der Waals surface area contributed by atoms with Crippen LogP contribution in [-0.2, 0) is 6.18 Å². The van der Waals surface area contributed by atoms with E-state index < -0.39 is 35.6 Å². The van der Waals surface area contributed by atoms with Crippen molar-refractivity contribution in [1.82, 2.24) is 4.98 Å². The first-order valence-corrected chi connectivity index (χ1v) is 11.2. The van der Waals surface area contributed by atoms with Gasteiger partial charge in [-0.2, -0.15) is 18.4 Å². The fraction of sp³-hybridized carbons (Fsp3) is 0.136. The number of hydrogen-bond donors (Lipinski definition) is 0. The average molecular weight is 493 g/mol. The van der Waals surface area contributed by atoms with Gasteiger partial charge in [-0.05, 0) is 53.6 Å². The zero-order chi connectivity index (χ0) is 23.0. The van der Waals surface area contributed by atoms with Gasteiger partial charge < -0.3 is 4.74 Å². The van der Waals surface area contributed by atoms with Gasteiger partial charge in [0.25, 0.3) is 0 Å². The fourth-order valence-corrected chi connectivity index (χ4v) is 5.14. The second-order valence-electron chi connectivity index (χ2n) is 6.73. The third-order valence-electron chi connectivity index (χ3n) is 4.67. The van der Waals surface area contributed by atoms with Gasteiger partial charge in [-0.15, -0.1) is 22.7 Å². The Labute approximate surface area is 193 Å². The molecule has 10 heteroatoms. The van der Waals surface area contributed by atoms with Crippen molar-refractivity contribution in [3.8, 4) is 22.5 Å². The van der Waals surface area contributed by atoms with Crippen LogP contribution in [0.3, 0.4) is 0 Å². The van der Waals surface area contributed by atoms with Crippen LogP contribution in [0, 0.1) is 18.3 Å². The van der Waals surface area contributed by atoms with Gasteiger partial charge in [0.2, 0.25) is 11.7 Å². The minimum Gasteiger partial charge on any atom is -0.468 e. The van der Waals surface area contributed by atoms with Gasteiger partial charge in [0.05, 0.1) is 21.0 Å². The van der Waals surface area contributed by atoms with Crippen LogP contribution in [0.4, 0.5) is 13.2 Å². The molecule has 0 aliphatic rings. The molecule has 4 nitrogen and oxygen atoms in total. The standard InChI is InChI=1S/C22H12ClF3N2O2S2/c1-11-13-7-12(23)4-5-18(13)32-20(11)17(29)10-30-21-14(9-27)15(22(24,25)26)8-16(28-21)19-3-2-6-31-19/h2-8H,10H2,1H3. The molecule has 0 fully saturated rings. The summed E-state index contributed by atoms with van der Waals surface area (Å²) in [6, 6.07) is 10.9. The van der Waals surface area contributed by atoms with Gasteiger partial charge in [-0.1, -0.05) is 17.7 Å². The second-order valence-corrected chi connectivity index (χ2v) is 9.17. The molecule has 0 aliphatic heterocycles. The van der Waals surface area contributed by atoms with Crippen molar-refractivity contribution in [2.45, 2.75) is 13.1 Å². The summed E-state index contributed by atoms with van der Waals surface area (Å²) in [5.41, 5.74) is -1.20. The van der Waals surface area contributed by atoms with Gasteiger partial charge in [-0.3, -0.25) is 4.79 Å². The number of fused-ring (bicyclic) bond motifs is 1. The lowest BCUT2D eigenvalue weighted by Gasteiger charge is -2.14. The van der Waals surface area contributed by atoms with E-state index in [4.69, 9.17) is 16.3 Å². The van der Waals surface area contributed by atoms with Gasteiger partial charge >= 0.3 is 6.18 Å². The first-order valence-electron chi connectivity index (χ1n) is 9.10. The topological polar surface area (TPSA) is 63.0 Å². The molecule has 0 unspecified atom stereocenters. The molecule has 4 rings (SSSR count). The van der Waals surface area contributed by atoms with E-state index in [1.165, 1.54) is 28.7 Å². The number of Topliss-reactive ketones (excluding diaryl/α,β-unsaturated/α-hetero) is 1. The molecule has 0 saturated carbocycles. The van der Waals surface area contributed by atoms with E-state index in [-0.39, 0.29) is 5.69 Å². The van der Waals surface area contributed by atoms with Gasteiger partial charge in [0.15, 0.2) is 6.61 Å². The van der Waals surface area contributed by atoms with Crippen molar-refractivity contribution in [1.29, 1.82) is 5.26 Å². The molecule has 3 aromatic heterocycles. The predicted molar refractivity (Wildman–Crippen MR) is 119 cm³/mol. The minimum atomic E-state index is -4.79. The number of halogens is 4. The van der Waals surface area contributed by atoms with Crippen LogP contribution in [0.15, 0.2) is 41.8 Å². The molecule has 0 aliphatic carbocycles. The first kappa shape index (κ1) is 22.3. The predicted octanol–water partition coefficient (Wildman–Crippen LogP) is 7.14. The van der Waals surface area contributed by atoms with Gasteiger partial charge in [-0.25, -0.2) is 4.98 Å². The van der Waals surface area contributed by atoms with Crippen molar-refractivity contribution < 1.29 is 22.7 Å². The summed E-state index contributed by atoms with van der Waals surface area (Å²) in [5, 5.41) is 12.4. The fourth-order valence-electron chi connectivity index (χ4n) is 3.17. The van der Waals surface area contributed by atoms with Gasteiger partial charge in [0.1, 0.15) is 11.6 Å². The molecule has 1 aromatic carbocycles. The Morgan fingerprint density at radius 1 is 1.28 bits per heavy atom. The lowest BCUT2D eigenvalue weighted by Crippen LogP contribution is -2.15. The number of benzene rings is 1. The number of carbonyl (C=O) groups excluding carboxylic acids is 1. The molecule has 0 atom stereocenters. The Hall–Kier alpha value is -2.93. The van der Waals surface area contributed by atoms with E-state index >= 15 is 0 Å². The van der Waals surface area contributed by atoms with Crippen molar-refractivity contribution >= 4 is 50.1 Å². The lowest BCUT2D eigenvalue weighted by atomic mass is 10.1. The van der Waals surface area contributed by atoms with Crippen LogP contribution in [-0.4, -0.2) is 17.4 Å². The molecule has 0 amide bonds. The number of ketones is 1. The van der Waals surface area contributed by atoms with Crippen LogP contribution < -0.4 is 4.74 Å².